The van der Waals surface area contributed by atoms with Gasteiger partial charge in [-0.3, -0.25) is 14.3 Å². The summed E-state index contributed by atoms with van der Waals surface area (Å²) in [6.07, 6.45) is 5.16. The van der Waals surface area contributed by atoms with Crippen molar-refractivity contribution in [2.45, 2.75) is 19.9 Å². The maximum absolute atomic E-state index is 13.8. The van der Waals surface area contributed by atoms with Gasteiger partial charge in [0.25, 0.3) is 5.56 Å². The number of rotatable bonds is 5. The minimum absolute atomic E-state index is 0.210. The Bertz CT molecular complexity index is 1650. The first-order valence-electron chi connectivity index (χ1n) is 11.2. The molecule has 0 N–H and O–H groups in total. The second kappa shape index (κ2) is 9.31. The van der Waals surface area contributed by atoms with Gasteiger partial charge in [0.05, 0.1) is 29.5 Å². The van der Waals surface area contributed by atoms with Crippen LogP contribution in [0, 0.1) is 0 Å². The fraction of sp³-hybridized carbons (Fsp3) is 0.185. The van der Waals surface area contributed by atoms with Gasteiger partial charge in [0.1, 0.15) is 11.8 Å². The Hall–Kier alpha value is -4.04. The summed E-state index contributed by atoms with van der Waals surface area (Å²) in [4.78, 5) is 36.3. The van der Waals surface area contributed by atoms with Gasteiger partial charge in [-0.15, -0.1) is 0 Å². The maximum Gasteiger partial charge on any atom is 0.338 e. The van der Waals surface area contributed by atoms with Crippen LogP contribution in [0.5, 0.6) is 5.75 Å². The number of ether oxygens (including phenoxy) is 2. The van der Waals surface area contributed by atoms with Crippen LogP contribution in [0.1, 0.15) is 31.0 Å². The normalized spacial score (nSPS) is 15.6. The lowest BCUT2D eigenvalue weighted by molar-refractivity contribution is -0.139. The van der Waals surface area contributed by atoms with Crippen LogP contribution >= 0.6 is 11.3 Å². The molecule has 0 radical (unpaired) electrons. The van der Waals surface area contributed by atoms with Crippen molar-refractivity contribution < 1.29 is 14.3 Å². The second-order valence-corrected chi connectivity index (χ2v) is 8.99. The van der Waals surface area contributed by atoms with Crippen LogP contribution in [0.3, 0.4) is 0 Å². The summed E-state index contributed by atoms with van der Waals surface area (Å²) in [5, 5.41) is 1.86. The van der Waals surface area contributed by atoms with Crippen LogP contribution in [-0.4, -0.2) is 29.2 Å². The van der Waals surface area contributed by atoms with E-state index in [-0.39, 0.29) is 12.2 Å². The third-order valence-corrected chi connectivity index (χ3v) is 6.93. The highest BCUT2D eigenvalue weighted by Gasteiger charge is 2.36. The van der Waals surface area contributed by atoms with Crippen LogP contribution in [0.15, 0.2) is 82.0 Å². The van der Waals surface area contributed by atoms with E-state index in [4.69, 9.17) is 9.47 Å². The molecule has 5 rings (SSSR count). The first-order valence-corrected chi connectivity index (χ1v) is 12.0. The molecule has 8 heteroatoms. The van der Waals surface area contributed by atoms with Gasteiger partial charge in [0.15, 0.2) is 4.80 Å². The Kier molecular flexibility index (Phi) is 6.05. The van der Waals surface area contributed by atoms with E-state index >= 15 is 0 Å². The summed E-state index contributed by atoms with van der Waals surface area (Å²) >= 11 is 1.29. The van der Waals surface area contributed by atoms with Gasteiger partial charge in [-0.25, -0.2) is 9.79 Å². The zero-order valence-corrected chi connectivity index (χ0v) is 20.3. The molecule has 2 aromatic carbocycles. The minimum atomic E-state index is -0.758. The maximum atomic E-state index is 13.8. The van der Waals surface area contributed by atoms with Crippen LogP contribution in [-0.2, 0) is 9.53 Å². The molecule has 0 saturated carbocycles. The molecule has 0 amide bonds. The van der Waals surface area contributed by atoms with Gasteiger partial charge in [-0.05, 0) is 54.5 Å². The van der Waals surface area contributed by atoms with E-state index in [0.29, 0.717) is 26.4 Å². The molecule has 0 spiro atoms. The van der Waals surface area contributed by atoms with E-state index in [9.17, 15) is 9.59 Å². The van der Waals surface area contributed by atoms with Crippen molar-refractivity contribution in [2.24, 2.45) is 4.99 Å². The number of allylic oxidation sites excluding steroid dienone is 1. The molecule has 35 heavy (non-hydrogen) atoms. The molecule has 7 nitrogen and oxygen atoms in total. The molecule has 0 unspecified atom stereocenters. The molecule has 0 saturated heterocycles. The van der Waals surface area contributed by atoms with Crippen LogP contribution in [0.2, 0.25) is 0 Å². The van der Waals surface area contributed by atoms with Crippen LogP contribution in [0.4, 0.5) is 0 Å². The van der Waals surface area contributed by atoms with Gasteiger partial charge in [-0.1, -0.05) is 41.7 Å². The highest BCUT2D eigenvalue weighted by Crippen LogP contribution is 2.40. The number of hydrogen-bond acceptors (Lipinski definition) is 7. The number of methoxy groups -OCH3 is 1. The number of carbonyl (C=O) groups is 1. The predicted molar refractivity (Wildman–Crippen MR) is 135 cm³/mol. The average Bonchev–Trinajstić information content (AvgIpc) is 3.17. The lowest BCUT2D eigenvalue weighted by Crippen LogP contribution is -2.40. The molecule has 2 aromatic heterocycles. The molecular weight excluding hydrogens is 462 g/mol. The van der Waals surface area contributed by atoms with Crippen LogP contribution in [0.25, 0.3) is 16.8 Å². The quantitative estimate of drug-likeness (QED) is 0.405. The molecule has 0 fully saturated rings. The highest BCUT2D eigenvalue weighted by atomic mass is 32.1. The third kappa shape index (κ3) is 3.95. The van der Waals surface area contributed by atoms with Gasteiger partial charge in [0.2, 0.25) is 0 Å². The molecule has 1 aliphatic heterocycles. The zero-order valence-electron chi connectivity index (χ0n) is 19.5. The molecule has 3 heterocycles. The molecule has 4 aromatic rings. The Morgan fingerprint density at radius 2 is 1.91 bits per heavy atom. The third-order valence-electron chi connectivity index (χ3n) is 5.94. The van der Waals surface area contributed by atoms with Gasteiger partial charge >= 0.3 is 5.97 Å². The van der Waals surface area contributed by atoms with E-state index in [0.717, 1.165) is 21.9 Å². The smallest absolute Gasteiger partial charge is 0.338 e. The number of benzene rings is 2. The first-order chi connectivity index (χ1) is 17.0. The number of nitrogens with zero attached hydrogens (tertiary/aromatic N) is 3. The van der Waals surface area contributed by atoms with Crippen molar-refractivity contribution in [1.82, 2.24) is 9.55 Å². The molecule has 176 valence electrons. The Morgan fingerprint density at radius 3 is 2.66 bits per heavy atom. The molecule has 0 bridgehead atoms. The van der Waals surface area contributed by atoms with Crippen molar-refractivity contribution in [3.8, 4) is 5.75 Å². The molecular formula is C27H23N3O4S. The van der Waals surface area contributed by atoms with Crippen molar-refractivity contribution in [3.05, 3.63) is 103 Å². The summed E-state index contributed by atoms with van der Waals surface area (Å²) in [5.74, 6) is 0.0751. The number of thiazole rings is 1. The number of esters is 1. The summed E-state index contributed by atoms with van der Waals surface area (Å²) in [5.41, 5.74) is 2.18. The van der Waals surface area contributed by atoms with E-state index in [2.05, 4.69) is 9.98 Å². The average molecular weight is 486 g/mol. The summed E-state index contributed by atoms with van der Waals surface area (Å²) < 4.78 is 13.3. The van der Waals surface area contributed by atoms with E-state index in [1.165, 1.54) is 11.3 Å². The molecule has 0 aliphatic carbocycles. The minimum Gasteiger partial charge on any atom is -0.496 e. The Morgan fingerprint density at radius 1 is 1.14 bits per heavy atom. The zero-order chi connectivity index (χ0) is 24.5. The monoisotopic (exact) mass is 485 g/mol. The SMILES string of the molecule is CCOC(=O)C1=C(C)N=c2sc(=Cc3ccncc3)c(=O)n2[C@@H]1c1c(OC)ccc2ccccc12. The second-order valence-electron chi connectivity index (χ2n) is 7.99. The predicted octanol–water partition coefficient (Wildman–Crippen LogP) is 3.36. The standard InChI is InChI=1S/C27H23N3O4S/c1-4-34-26(32)22-16(2)29-27-30(25(31)21(35-27)15-17-11-13-28-14-12-17)24(22)23-19-8-6-5-7-18(19)9-10-20(23)33-3/h5-15,24H,4H2,1-3H3/t24-/m0/s1. The van der Waals surface area contributed by atoms with E-state index in [1.54, 1.807) is 37.9 Å². The van der Waals surface area contributed by atoms with Gasteiger partial charge < -0.3 is 9.47 Å². The fourth-order valence-corrected chi connectivity index (χ4v) is 5.46. The Labute approximate surface area is 205 Å². The van der Waals surface area contributed by atoms with E-state index < -0.39 is 12.0 Å². The first kappa shape index (κ1) is 22.7. The lowest BCUT2D eigenvalue weighted by Gasteiger charge is -2.27. The number of carbonyl (C=O) groups excluding carboxylic acids is 1. The fourth-order valence-electron chi connectivity index (χ4n) is 4.41. The van der Waals surface area contributed by atoms with E-state index in [1.807, 2.05) is 54.6 Å². The topological polar surface area (TPSA) is 82.8 Å². The molecule has 1 aliphatic rings. The summed E-state index contributed by atoms with van der Waals surface area (Å²) in [7, 11) is 1.58. The summed E-state index contributed by atoms with van der Waals surface area (Å²) in [6.45, 7) is 3.74. The van der Waals surface area contributed by atoms with Gasteiger partial charge in [0, 0.05) is 18.0 Å². The van der Waals surface area contributed by atoms with Crippen molar-refractivity contribution in [3.63, 3.8) is 0 Å². The van der Waals surface area contributed by atoms with Crippen molar-refractivity contribution in [2.75, 3.05) is 13.7 Å². The Balaban J connectivity index is 1.86. The van der Waals surface area contributed by atoms with Crippen molar-refractivity contribution >= 4 is 34.2 Å². The number of fused-ring (bicyclic) bond motifs is 2. The number of aromatic nitrogens is 2. The summed E-state index contributed by atoms with van der Waals surface area (Å²) in [6, 6.07) is 14.6. The highest BCUT2D eigenvalue weighted by molar-refractivity contribution is 7.07. The lowest BCUT2D eigenvalue weighted by atomic mass is 9.90. The van der Waals surface area contributed by atoms with Crippen molar-refractivity contribution in [1.29, 1.82) is 0 Å². The number of pyridine rings is 1. The largest absolute Gasteiger partial charge is 0.496 e. The molecule has 1 atom stereocenters. The van der Waals surface area contributed by atoms with Crippen LogP contribution < -0.4 is 19.6 Å². The number of hydrogen-bond donors (Lipinski definition) is 0. The van der Waals surface area contributed by atoms with Gasteiger partial charge in [-0.2, -0.15) is 0 Å².